The zero-order chi connectivity index (χ0) is 15.3. The third kappa shape index (κ3) is 2.22. The van der Waals surface area contributed by atoms with Crippen LogP contribution in [0.3, 0.4) is 0 Å². The molecule has 4 heteroatoms. The van der Waals surface area contributed by atoms with Gasteiger partial charge >= 0.3 is 0 Å². The molecule has 114 valence electrons. The van der Waals surface area contributed by atoms with Gasteiger partial charge in [0.2, 0.25) is 0 Å². The molecule has 0 aliphatic carbocycles. The predicted molar refractivity (Wildman–Crippen MR) is 90.1 cm³/mol. The Hall–Kier alpha value is -1.52. The molecule has 0 aromatic heterocycles. The summed E-state index contributed by atoms with van der Waals surface area (Å²) in [5, 5.41) is 13.5. The van der Waals surface area contributed by atoms with Crippen molar-refractivity contribution < 1.29 is 9.84 Å². The molecule has 2 N–H and O–H groups in total. The van der Waals surface area contributed by atoms with Gasteiger partial charge in [0.05, 0.1) is 12.1 Å². The van der Waals surface area contributed by atoms with Crippen LogP contribution in [0.25, 0.3) is 0 Å². The number of aryl methyl sites for hydroxylation is 1. The molecule has 0 spiro atoms. The average molecular weight is 360 g/mol. The first-order valence-corrected chi connectivity index (χ1v) is 8.40. The summed E-state index contributed by atoms with van der Waals surface area (Å²) in [5.74, 6) is 0.678. The fourth-order valence-corrected chi connectivity index (χ4v) is 4.16. The first kappa shape index (κ1) is 14.1. The standard InChI is InChI=1S/C18H18BrNO2/c1-10-2-5-16-14(8-10)18-12(6-7-22-18)17(20-16)13-9-11(21)3-4-15(13)19/h2-5,8-9,12,17-18,20-21H,6-7H2,1H3/t12-,17?,18-/m0/s1. The zero-order valence-corrected chi connectivity index (χ0v) is 13.9. The number of hydrogen-bond donors (Lipinski definition) is 2. The highest BCUT2D eigenvalue weighted by Gasteiger charge is 2.42. The number of rotatable bonds is 1. The van der Waals surface area contributed by atoms with E-state index in [1.54, 1.807) is 6.07 Å². The van der Waals surface area contributed by atoms with E-state index in [-0.39, 0.29) is 12.1 Å². The highest BCUT2D eigenvalue weighted by atomic mass is 79.9. The Morgan fingerprint density at radius 1 is 1.18 bits per heavy atom. The van der Waals surface area contributed by atoms with Crippen LogP contribution < -0.4 is 5.32 Å². The second-order valence-corrected chi connectivity index (χ2v) is 7.02. The number of hydrogen-bond acceptors (Lipinski definition) is 3. The number of phenols is 1. The molecule has 0 radical (unpaired) electrons. The first-order valence-electron chi connectivity index (χ1n) is 7.60. The third-order valence-electron chi connectivity index (χ3n) is 4.70. The summed E-state index contributed by atoms with van der Waals surface area (Å²) >= 11 is 3.62. The summed E-state index contributed by atoms with van der Waals surface area (Å²) in [6, 6.07) is 12.1. The lowest BCUT2D eigenvalue weighted by Gasteiger charge is -2.37. The molecule has 2 aliphatic heterocycles. The summed E-state index contributed by atoms with van der Waals surface area (Å²) in [7, 11) is 0. The van der Waals surface area contributed by atoms with E-state index in [0.717, 1.165) is 28.8 Å². The van der Waals surface area contributed by atoms with Gasteiger partial charge in [-0.1, -0.05) is 33.6 Å². The molecule has 2 aliphatic rings. The molecule has 2 aromatic carbocycles. The Morgan fingerprint density at radius 2 is 2.05 bits per heavy atom. The van der Waals surface area contributed by atoms with Crippen molar-refractivity contribution in [3.05, 3.63) is 57.6 Å². The first-order chi connectivity index (χ1) is 10.6. The molecule has 2 heterocycles. The van der Waals surface area contributed by atoms with E-state index in [4.69, 9.17) is 4.74 Å². The van der Waals surface area contributed by atoms with E-state index in [9.17, 15) is 5.11 Å². The minimum absolute atomic E-state index is 0.135. The molecular formula is C18H18BrNO2. The molecule has 1 unspecified atom stereocenters. The van der Waals surface area contributed by atoms with Gasteiger partial charge in [-0.05, 0) is 43.2 Å². The molecule has 0 bridgehead atoms. The van der Waals surface area contributed by atoms with Crippen molar-refractivity contribution >= 4 is 21.6 Å². The van der Waals surface area contributed by atoms with Crippen LogP contribution in [0.4, 0.5) is 5.69 Å². The van der Waals surface area contributed by atoms with Gasteiger partial charge < -0.3 is 15.2 Å². The van der Waals surface area contributed by atoms with Gasteiger partial charge in [0.1, 0.15) is 5.75 Å². The van der Waals surface area contributed by atoms with Gasteiger partial charge in [-0.3, -0.25) is 0 Å². The smallest absolute Gasteiger partial charge is 0.116 e. The Labute approximate surface area is 138 Å². The number of phenolic OH excluding ortho intramolecular Hbond substituents is 1. The lowest BCUT2D eigenvalue weighted by Crippen LogP contribution is -2.29. The largest absolute Gasteiger partial charge is 0.508 e. The van der Waals surface area contributed by atoms with Crippen molar-refractivity contribution in [2.75, 3.05) is 11.9 Å². The number of nitrogens with one attached hydrogen (secondary N) is 1. The Kier molecular flexibility index (Phi) is 3.39. The molecule has 1 fully saturated rings. The molecule has 22 heavy (non-hydrogen) atoms. The highest BCUT2D eigenvalue weighted by Crippen LogP contribution is 2.51. The van der Waals surface area contributed by atoms with Gasteiger partial charge in [-0.15, -0.1) is 0 Å². The minimum Gasteiger partial charge on any atom is -0.508 e. The van der Waals surface area contributed by atoms with Gasteiger partial charge in [0.15, 0.2) is 0 Å². The van der Waals surface area contributed by atoms with Crippen LogP contribution in [0.1, 0.15) is 35.3 Å². The quantitative estimate of drug-likeness (QED) is 0.774. The van der Waals surface area contributed by atoms with E-state index in [0.29, 0.717) is 11.7 Å². The van der Waals surface area contributed by atoms with Crippen molar-refractivity contribution in [3.8, 4) is 5.75 Å². The third-order valence-corrected chi connectivity index (χ3v) is 5.43. The van der Waals surface area contributed by atoms with Crippen LogP contribution in [-0.4, -0.2) is 11.7 Å². The van der Waals surface area contributed by atoms with Gasteiger partial charge in [0.25, 0.3) is 0 Å². The van der Waals surface area contributed by atoms with Crippen LogP contribution in [-0.2, 0) is 4.74 Å². The molecule has 0 saturated carbocycles. The molecule has 3 nitrogen and oxygen atoms in total. The monoisotopic (exact) mass is 359 g/mol. The van der Waals surface area contributed by atoms with Crippen LogP contribution in [0.2, 0.25) is 0 Å². The Balaban J connectivity index is 1.82. The lowest BCUT2D eigenvalue weighted by atomic mass is 9.80. The molecule has 0 amide bonds. The van der Waals surface area contributed by atoms with Crippen molar-refractivity contribution in [3.63, 3.8) is 0 Å². The van der Waals surface area contributed by atoms with Crippen LogP contribution in [0.15, 0.2) is 40.9 Å². The van der Waals surface area contributed by atoms with Crippen LogP contribution in [0, 0.1) is 12.8 Å². The number of halogens is 1. The maximum atomic E-state index is 9.86. The fourth-order valence-electron chi connectivity index (χ4n) is 3.67. The van der Waals surface area contributed by atoms with Crippen molar-refractivity contribution in [1.82, 2.24) is 0 Å². The van der Waals surface area contributed by atoms with Crippen molar-refractivity contribution in [1.29, 1.82) is 0 Å². The summed E-state index contributed by atoms with van der Waals surface area (Å²) in [4.78, 5) is 0. The van der Waals surface area contributed by atoms with E-state index in [1.807, 2.05) is 12.1 Å². The maximum absolute atomic E-state index is 9.86. The molecule has 4 rings (SSSR count). The SMILES string of the molecule is Cc1ccc2c(c1)[C@H]1OCC[C@H]1C(c1cc(O)ccc1Br)N2. The van der Waals surface area contributed by atoms with Gasteiger partial charge in [-0.2, -0.15) is 0 Å². The zero-order valence-electron chi connectivity index (χ0n) is 12.3. The molecular weight excluding hydrogens is 342 g/mol. The van der Waals surface area contributed by atoms with Crippen LogP contribution >= 0.6 is 15.9 Å². The maximum Gasteiger partial charge on any atom is 0.116 e. The summed E-state index contributed by atoms with van der Waals surface area (Å²) in [5.41, 5.74) is 4.74. The normalized spacial score (nSPS) is 26.2. The summed E-state index contributed by atoms with van der Waals surface area (Å²) in [6.45, 7) is 2.90. The van der Waals surface area contributed by atoms with E-state index in [1.165, 1.54) is 11.1 Å². The van der Waals surface area contributed by atoms with Gasteiger partial charge in [-0.25, -0.2) is 0 Å². The number of fused-ring (bicyclic) bond motifs is 3. The van der Waals surface area contributed by atoms with E-state index in [2.05, 4.69) is 46.4 Å². The average Bonchev–Trinajstić information content (AvgIpc) is 2.99. The summed E-state index contributed by atoms with van der Waals surface area (Å²) in [6.07, 6.45) is 1.16. The van der Waals surface area contributed by atoms with Crippen molar-refractivity contribution in [2.45, 2.75) is 25.5 Å². The second kappa shape index (κ2) is 5.28. The van der Waals surface area contributed by atoms with E-state index < -0.39 is 0 Å². The Morgan fingerprint density at radius 3 is 2.91 bits per heavy atom. The number of aromatic hydroxyl groups is 1. The topological polar surface area (TPSA) is 41.5 Å². The van der Waals surface area contributed by atoms with E-state index >= 15 is 0 Å². The lowest BCUT2D eigenvalue weighted by molar-refractivity contribution is 0.0828. The van der Waals surface area contributed by atoms with Crippen LogP contribution in [0.5, 0.6) is 5.75 Å². The summed E-state index contributed by atoms with van der Waals surface area (Å²) < 4.78 is 7.06. The Bertz CT molecular complexity index is 731. The minimum atomic E-state index is 0.135. The molecule has 1 saturated heterocycles. The molecule has 3 atom stereocenters. The highest BCUT2D eigenvalue weighted by molar-refractivity contribution is 9.10. The predicted octanol–water partition coefficient (Wildman–Crippen LogP) is 4.71. The van der Waals surface area contributed by atoms with Gasteiger partial charge in [0, 0.05) is 28.2 Å². The second-order valence-electron chi connectivity index (χ2n) is 6.16. The number of benzene rings is 2. The van der Waals surface area contributed by atoms with Crippen molar-refractivity contribution in [2.24, 2.45) is 5.92 Å². The fraction of sp³-hybridized carbons (Fsp3) is 0.333. The molecule has 2 aromatic rings. The number of ether oxygens (including phenoxy) is 1. The number of anilines is 1.